The van der Waals surface area contributed by atoms with Gasteiger partial charge in [0.15, 0.2) is 0 Å². The van der Waals surface area contributed by atoms with Crippen LogP contribution in [-0.2, 0) is 0 Å². The number of rotatable bonds is 6. The van der Waals surface area contributed by atoms with E-state index in [1.807, 2.05) is 0 Å². The lowest BCUT2D eigenvalue weighted by atomic mass is 10.0. The zero-order chi connectivity index (χ0) is 9.40. The Morgan fingerprint density at radius 1 is 1.17 bits per heavy atom. The van der Waals surface area contributed by atoms with E-state index in [0.717, 1.165) is 0 Å². The molecule has 12 heavy (non-hydrogen) atoms. The predicted octanol–water partition coefficient (Wildman–Crippen LogP) is 4.48. The van der Waals surface area contributed by atoms with Crippen molar-refractivity contribution in [3.63, 3.8) is 0 Å². The Labute approximate surface area is 77.4 Å². The van der Waals surface area contributed by atoms with Crippen LogP contribution in [0.2, 0.25) is 0 Å². The molecule has 0 amide bonds. The lowest BCUT2D eigenvalue weighted by molar-refractivity contribution is 0.796. The van der Waals surface area contributed by atoms with E-state index in [1.165, 1.54) is 43.3 Å². The van der Waals surface area contributed by atoms with Gasteiger partial charge in [0, 0.05) is 0 Å². The molecule has 0 bridgehead atoms. The first-order valence-electron chi connectivity index (χ1n) is 5.11. The van der Waals surface area contributed by atoms with Crippen LogP contribution < -0.4 is 0 Å². The first kappa shape index (κ1) is 11.5. The van der Waals surface area contributed by atoms with E-state index in [-0.39, 0.29) is 0 Å². The molecule has 0 fully saturated rings. The molecule has 0 aliphatic heterocycles. The Balaban J connectivity index is 3.85. The molecule has 0 nitrogen and oxygen atoms in total. The monoisotopic (exact) mass is 166 g/mol. The Morgan fingerprint density at radius 2 is 1.75 bits per heavy atom. The fourth-order valence-electron chi connectivity index (χ4n) is 1.22. The summed E-state index contributed by atoms with van der Waals surface area (Å²) in [6.07, 6.45) is 8.31. The maximum Gasteiger partial charge on any atom is -0.0285 e. The highest BCUT2D eigenvalue weighted by molar-refractivity contribution is 5.20. The summed E-state index contributed by atoms with van der Waals surface area (Å²) in [5.74, 6) is 0. The van der Waals surface area contributed by atoms with Crippen molar-refractivity contribution in [1.29, 1.82) is 0 Å². The second-order valence-corrected chi connectivity index (χ2v) is 3.27. The summed E-state index contributed by atoms with van der Waals surface area (Å²) in [4.78, 5) is 0. The standard InChI is InChI=1S/C12H22/c1-5-8-9-11(4)10-12(6-2)7-3/h10H,4-9H2,1-3H3. The SMILES string of the molecule is C=C(C=C(CC)CC)CCCC. The molecule has 0 saturated carbocycles. The summed E-state index contributed by atoms with van der Waals surface area (Å²) in [6, 6.07) is 0. The number of hydrogen-bond donors (Lipinski definition) is 0. The number of hydrogen-bond acceptors (Lipinski definition) is 0. The van der Waals surface area contributed by atoms with Crippen LogP contribution >= 0.6 is 0 Å². The topological polar surface area (TPSA) is 0 Å². The zero-order valence-electron chi connectivity index (χ0n) is 8.82. The Morgan fingerprint density at radius 3 is 2.17 bits per heavy atom. The molecular weight excluding hydrogens is 144 g/mol. The van der Waals surface area contributed by atoms with Crippen molar-refractivity contribution >= 4 is 0 Å². The Hall–Kier alpha value is -0.520. The fourth-order valence-corrected chi connectivity index (χ4v) is 1.22. The lowest BCUT2D eigenvalue weighted by Gasteiger charge is -2.02. The summed E-state index contributed by atoms with van der Waals surface area (Å²) in [5.41, 5.74) is 2.83. The van der Waals surface area contributed by atoms with Gasteiger partial charge in [-0.25, -0.2) is 0 Å². The van der Waals surface area contributed by atoms with Gasteiger partial charge in [-0.1, -0.05) is 51.0 Å². The van der Waals surface area contributed by atoms with Gasteiger partial charge in [0.05, 0.1) is 0 Å². The van der Waals surface area contributed by atoms with Gasteiger partial charge in [-0.05, 0) is 25.7 Å². The third-order valence-electron chi connectivity index (χ3n) is 2.17. The van der Waals surface area contributed by atoms with E-state index >= 15 is 0 Å². The van der Waals surface area contributed by atoms with Crippen LogP contribution in [0.15, 0.2) is 23.8 Å². The number of allylic oxidation sites excluding steroid dienone is 3. The van der Waals surface area contributed by atoms with E-state index in [9.17, 15) is 0 Å². The van der Waals surface area contributed by atoms with E-state index in [1.54, 1.807) is 0 Å². The van der Waals surface area contributed by atoms with Crippen LogP contribution in [0.3, 0.4) is 0 Å². The molecular formula is C12H22. The van der Waals surface area contributed by atoms with Gasteiger partial charge in [-0.3, -0.25) is 0 Å². The van der Waals surface area contributed by atoms with Crippen molar-refractivity contribution in [3.8, 4) is 0 Å². The first-order valence-corrected chi connectivity index (χ1v) is 5.11. The van der Waals surface area contributed by atoms with Crippen molar-refractivity contribution in [1.82, 2.24) is 0 Å². The minimum absolute atomic E-state index is 1.17. The van der Waals surface area contributed by atoms with Gasteiger partial charge in [0.2, 0.25) is 0 Å². The molecule has 70 valence electrons. The molecule has 0 atom stereocenters. The summed E-state index contributed by atoms with van der Waals surface area (Å²) < 4.78 is 0. The minimum Gasteiger partial charge on any atom is -0.0958 e. The molecule has 0 rings (SSSR count). The van der Waals surface area contributed by atoms with Crippen molar-refractivity contribution in [2.45, 2.75) is 52.9 Å². The molecule has 0 aliphatic rings. The van der Waals surface area contributed by atoms with Gasteiger partial charge < -0.3 is 0 Å². The summed E-state index contributed by atoms with van der Waals surface area (Å²) in [7, 11) is 0. The van der Waals surface area contributed by atoms with Crippen molar-refractivity contribution in [2.75, 3.05) is 0 Å². The van der Waals surface area contributed by atoms with Crippen LogP contribution in [0.5, 0.6) is 0 Å². The molecule has 0 aromatic heterocycles. The minimum atomic E-state index is 1.17. The highest BCUT2D eigenvalue weighted by Gasteiger charge is 1.92. The van der Waals surface area contributed by atoms with Gasteiger partial charge in [-0.2, -0.15) is 0 Å². The average Bonchev–Trinajstić information content (AvgIpc) is 2.10. The molecule has 0 heterocycles. The third-order valence-corrected chi connectivity index (χ3v) is 2.17. The van der Waals surface area contributed by atoms with Crippen LogP contribution in [-0.4, -0.2) is 0 Å². The largest absolute Gasteiger partial charge is 0.0958 e. The zero-order valence-corrected chi connectivity index (χ0v) is 8.82. The van der Waals surface area contributed by atoms with Gasteiger partial charge in [-0.15, -0.1) is 0 Å². The first-order chi connectivity index (χ1) is 5.74. The molecule has 0 aromatic carbocycles. The molecule has 0 N–H and O–H groups in total. The summed E-state index contributed by atoms with van der Waals surface area (Å²) in [6.45, 7) is 10.7. The number of unbranched alkanes of at least 4 members (excludes halogenated alkanes) is 1. The van der Waals surface area contributed by atoms with Gasteiger partial charge >= 0.3 is 0 Å². The normalized spacial score (nSPS) is 9.58. The van der Waals surface area contributed by atoms with E-state index < -0.39 is 0 Å². The molecule has 0 saturated heterocycles. The second kappa shape index (κ2) is 7.15. The molecule has 0 aromatic rings. The van der Waals surface area contributed by atoms with Crippen molar-refractivity contribution in [3.05, 3.63) is 23.8 Å². The highest BCUT2D eigenvalue weighted by Crippen LogP contribution is 2.13. The Kier molecular flexibility index (Phi) is 6.84. The molecule has 0 spiro atoms. The van der Waals surface area contributed by atoms with E-state index in [4.69, 9.17) is 0 Å². The molecule has 0 unspecified atom stereocenters. The van der Waals surface area contributed by atoms with Crippen LogP contribution in [0.25, 0.3) is 0 Å². The van der Waals surface area contributed by atoms with Gasteiger partial charge in [0.1, 0.15) is 0 Å². The average molecular weight is 166 g/mol. The van der Waals surface area contributed by atoms with E-state index in [2.05, 4.69) is 33.4 Å². The third kappa shape index (κ3) is 5.17. The van der Waals surface area contributed by atoms with Gasteiger partial charge in [0.25, 0.3) is 0 Å². The smallest absolute Gasteiger partial charge is 0.0285 e. The fraction of sp³-hybridized carbons (Fsp3) is 0.667. The summed E-state index contributed by atoms with van der Waals surface area (Å²) in [5, 5.41) is 0. The van der Waals surface area contributed by atoms with Crippen LogP contribution in [0.1, 0.15) is 52.9 Å². The van der Waals surface area contributed by atoms with E-state index in [0.29, 0.717) is 0 Å². The van der Waals surface area contributed by atoms with Crippen molar-refractivity contribution in [2.24, 2.45) is 0 Å². The molecule has 0 heteroatoms. The maximum atomic E-state index is 4.05. The molecule has 0 aliphatic carbocycles. The molecule has 0 radical (unpaired) electrons. The second-order valence-electron chi connectivity index (χ2n) is 3.27. The quantitative estimate of drug-likeness (QED) is 0.510. The maximum absolute atomic E-state index is 4.05. The Bertz CT molecular complexity index is 145. The van der Waals surface area contributed by atoms with Crippen LogP contribution in [0.4, 0.5) is 0 Å². The predicted molar refractivity (Wildman–Crippen MR) is 57.3 cm³/mol. The van der Waals surface area contributed by atoms with Crippen LogP contribution in [0, 0.1) is 0 Å². The highest BCUT2D eigenvalue weighted by atomic mass is 14.0. The summed E-state index contributed by atoms with van der Waals surface area (Å²) >= 11 is 0. The van der Waals surface area contributed by atoms with Crippen molar-refractivity contribution < 1.29 is 0 Å². The lowest BCUT2D eigenvalue weighted by Crippen LogP contribution is -1.82.